The number of benzene rings is 4. The lowest BCUT2D eigenvalue weighted by Crippen LogP contribution is -1.93. The van der Waals surface area contributed by atoms with Crippen LogP contribution >= 0.6 is 0 Å². The number of rotatable bonds is 3. The van der Waals surface area contributed by atoms with E-state index in [0.29, 0.717) is 16.7 Å². The molecule has 0 radical (unpaired) electrons. The average molecular weight is 390 g/mol. The van der Waals surface area contributed by atoms with E-state index in [0.717, 1.165) is 21.9 Å². The molecule has 0 saturated carbocycles. The van der Waals surface area contributed by atoms with E-state index in [9.17, 15) is 15.0 Å². The zero-order valence-electron chi connectivity index (χ0n) is 16.5. The summed E-state index contributed by atoms with van der Waals surface area (Å²) in [5.74, 6) is 1.57. The van der Waals surface area contributed by atoms with Gasteiger partial charge in [0, 0.05) is 10.8 Å². The van der Waals surface area contributed by atoms with Crippen molar-refractivity contribution in [2.45, 2.75) is 6.92 Å². The summed E-state index contributed by atoms with van der Waals surface area (Å²) < 4.78 is 10.1. The summed E-state index contributed by atoms with van der Waals surface area (Å²) in [7, 11) is 3.17. The number of ether oxygens (including phenoxy) is 2. The first kappa shape index (κ1) is 20.0. The molecule has 0 spiro atoms. The lowest BCUT2D eigenvalue weighted by atomic mass is 10.0. The second-order valence-electron chi connectivity index (χ2n) is 6.47. The average Bonchev–Trinajstić information content (AvgIpc) is 2.74. The Labute approximate surface area is 168 Å². The molecule has 4 rings (SSSR count). The molecule has 0 aromatic heterocycles. The van der Waals surface area contributed by atoms with Gasteiger partial charge in [-0.1, -0.05) is 30.3 Å². The van der Waals surface area contributed by atoms with Gasteiger partial charge < -0.3 is 19.7 Å². The van der Waals surface area contributed by atoms with Crippen molar-refractivity contribution in [2.75, 3.05) is 14.2 Å². The van der Waals surface area contributed by atoms with E-state index < -0.39 is 0 Å². The van der Waals surface area contributed by atoms with Crippen LogP contribution in [0.1, 0.15) is 17.3 Å². The molecule has 0 heterocycles. The van der Waals surface area contributed by atoms with E-state index in [1.165, 1.54) is 6.92 Å². The second-order valence-corrected chi connectivity index (χ2v) is 6.47. The topological polar surface area (TPSA) is 76.0 Å². The fraction of sp³-hybridized carbons (Fsp3) is 0.125. The maximum Gasteiger partial charge on any atom is 0.163 e. The van der Waals surface area contributed by atoms with E-state index in [2.05, 4.69) is 0 Å². The molecule has 5 nitrogen and oxygen atoms in total. The van der Waals surface area contributed by atoms with Gasteiger partial charge in [0.2, 0.25) is 0 Å². The Bertz CT molecular complexity index is 1180. The van der Waals surface area contributed by atoms with Crippen molar-refractivity contribution in [3.8, 4) is 23.0 Å². The van der Waals surface area contributed by atoms with Crippen molar-refractivity contribution < 1.29 is 24.5 Å². The number of phenols is 2. The van der Waals surface area contributed by atoms with Crippen molar-refractivity contribution in [1.29, 1.82) is 0 Å². The second kappa shape index (κ2) is 8.52. The van der Waals surface area contributed by atoms with Crippen molar-refractivity contribution in [3.05, 3.63) is 72.3 Å². The number of phenolic OH excluding ortho intramolecular Hbond substituents is 2. The van der Waals surface area contributed by atoms with E-state index >= 15 is 0 Å². The van der Waals surface area contributed by atoms with Gasteiger partial charge in [-0.15, -0.1) is 0 Å². The Hall–Kier alpha value is -3.73. The number of Topliss-reactive ketones (excluding diaryl/α,β-unsaturated/α-hetero) is 1. The van der Waals surface area contributed by atoms with Crippen LogP contribution in [0.3, 0.4) is 0 Å². The highest BCUT2D eigenvalue weighted by Gasteiger charge is 2.10. The smallest absolute Gasteiger partial charge is 0.163 e. The standard InChI is InChI=1S/C13H12O3.C11H10O2/c1-8(14)11-6-4-9-3-5-10(16-2)7-12(9)13(11)15;1-13-9-6-5-8-3-2-4-11(12)10(8)7-9/h3-7,15H,1-2H3;2-7,12H,1H3. The molecule has 0 atom stereocenters. The van der Waals surface area contributed by atoms with Crippen molar-refractivity contribution in [2.24, 2.45) is 0 Å². The normalized spacial score (nSPS) is 10.3. The Morgan fingerprint density at radius 2 is 1.31 bits per heavy atom. The summed E-state index contributed by atoms with van der Waals surface area (Å²) in [6.45, 7) is 1.43. The lowest BCUT2D eigenvalue weighted by molar-refractivity contribution is 0.101. The number of aromatic hydroxyl groups is 2. The summed E-state index contributed by atoms with van der Waals surface area (Å²) in [5, 5.41) is 22.8. The van der Waals surface area contributed by atoms with E-state index in [4.69, 9.17) is 9.47 Å². The molecule has 0 aliphatic heterocycles. The van der Waals surface area contributed by atoms with Crippen LogP contribution in [0.5, 0.6) is 23.0 Å². The Morgan fingerprint density at radius 3 is 1.90 bits per heavy atom. The molecular weight excluding hydrogens is 368 g/mol. The molecule has 4 aromatic rings. The predicted molar refractivity (Wildman–Crippen MR) is 114 cm³/mol. The van der Waals surface area contributed by atoms with Gasteiger partial charge in [-0.3, -0.25) is 4.79 Å². The SMILES string of the molecule is COc1ccc2ccc(C(C)=O)c(O)c2c1.COc1ccc2cccc(O)c2c1. The third-order valence-corrected chi connectivity index (χ3v) is 4.65. The minimum absolute atomic E-state index is 0.0175. The van der Waals surface area contributed by atoms with E-state index in [-0.39, 0.29) is 17.3 Å². The molecule has 0 fully saturated rings. The van der Waals surface area contributed by atoms with Crippen LogP contribution in [0.4, 0.5) is 0 Å². The molecule has 5 heteroatoms. The number of ketones is 1. The van der Waals surface area contributed by atoms with Gasteiger partial charge in [-0.25, -0.2) is 0 Å². The first-order valence-corrected chi connectivity index (χ1v) is 9.01. The maximum atomic E-state index is 11.3. The number of fused-ring (bicyclic) bond motifs is 2. The van der Waals surface area contributed by atoms with Gasteiger partial charge in [0.1, 0.15) is 23.0 Å². The van der Waals surface area contributed by atoms with Gasteiger partial charge in [0.25, 0.3) is 0 Å². The number of hydrogen-bond donors (Lipinski definition) is 2. The zero-order valence-corrected chi connectivity index (χ0v) is 16.5. The van der Waals surface area contributed by atoms with Gasteiger partial charge in [-0.2, -0.15) is 0 Å². The van der Waals surface area contributed by atoms with Crippen LogP contribution in [0.25, 0.3) is 21.5 Å². The van der Waals surface area contributed by atoms with Crippen LogP contribution in [0.2, 0.25) is 0 Å². The summed E-state index contributed by atoms with van der Waals surface area (Å²) in [6, 6.07) is 19.9. The highest BCUT2D eigenvalue weighted by atomic mass is 16.5. The predicted octanol–water partition coefficient (Wildman–Crippen LogP) is 5.31. The van der Waals surface area contributed by atoms with Crippen LogP contribution in [-0.4, -0.2) is 30.2 Å². The first-order chi connectivity index (χ1) is 13.9. The molecule has 0 amide bonds. The number of carbonyl (C=O) groups is 1. The lowest BCUT2D eigenvalue weighted by Gasteiger charge is -2.07. The Balaban J connectivity index is 0.000000169. The van der Waals surface area contributed by atoms with Crippen molar-refractivity contribution in [3.63, 3.8) is 0 Å². The number of methoxy groups -OCH3 is 2. The summed E-state index contributed by atoms with van der Waals surface area (Å²) >= 11 is 0. The minimum atomic E-state index is -0.151. The quantitative estimate of drug-likeness (QED) is 0.464. The number of carbonyl (C=O) groups excluding carboxylic acids is 1. The molecule has 4 aromatic carbocycles. The third-order valence-electron chi connectivity index (χ3n) is 4.65. The maximum absolute atomic E-state index is 11.3. The van der Waals surface area contributed by atoms with Crippen LogP contribution in [0.15, 0.2) is 66.7 Å². The summed E-state index contributed by atoms with van der Waals surface area (Å²) in [5.41, 5.74) is 0.334. The largest absolute Gasteiger partial charge is 0.507 e. The monoisotopic (exact) mass is 390 g/mol. The molecule has 0 unspecified atom stereocenters. The fourth-order valence-corrected chi connectivity index (χ4v) is 3.06. The first-order valence-electron chi connectivity index (χ1n) is 9.01. The molecular formula is C24H22O5. The van der Waals surface area contributed by atoms with Gasteiger partial charge in [0.05, 0.1) is 19.8 Å². The minimum Gasteiger partial charge on any atom is -0.507 e. The molecule has 0 bridgehead atoms. The van der Waals surface area contributed by atoms with Gasteiger partial charge >= 0.3 is 0 Å². The van der Waals surface area contributed by atoms with Crippen LogP contribution in [0, 0.1) is 0 Å². The zero-order chi connectivity index (χ0) is 21.0. The van der Waals surface area contributed by atoms with Crippen molar-refractivity contribution >= 4 is 27.3 Å². The fourth-order valence-electron chi connectivity index (χ4n) is 3.06. The molecule has 0 aliphatic rings. The Morgan fingerprint density at radius 1 is 0.759 bits per heavy atom. The molecule has 0 aliphatic carbocycles. The van der Waals surface area contributed by atoms with E-state index in [1.807, 2.05) is 48.5 Å². The van der Waals surface area contributed by atoms with Crippen LogP contribution in [-0.2, 0) is 0 Å². The highest BCUT2D eigenvalue weighted by Crippen LogP contribution is 2.31. The van der Waals surface area contributed by atoms with Gasteiger partial charge in [-0.05, 0) is 54.1 Å². The molecule has 148 valence electrons. The highest BCUT2D eigenvalue weighted by molar-refractivity contribution is 6.03. The van der Waals surface area contributed by atoms with Crippen LogP contribution < -0.4 is 9.47 Å². The molecule has 0 saturated heterocycles. The third kappa shape index (κ3) is 4.24. The van der Waals surface area contributed by atoms with Gasteiger partial charge in [0.15, 0.2) is 5.78 Å². The Kier molecular flexibility index (Phi) is 5.88. The molecule has 2 N–H and O–H groups in total. The summed E-state index contributed by atoms with van der Waals surface area (Å²) in [6.07, 6.45) is 0. The number of hydrogen-bond acceptors (Lipinski definition) is 5. The molecule has 29 heavy (non-hydrogen) atoms. The van der Waals surface area contributed by atoms with Crippen molar-refractivity contribution in [1.82, 2.24) is 0 Å². The van der Waals surface area contributed by atoms with E-state index in [1.54, 1.807) is 32.4 Å². The summed E-state index contributed by atoms with van der Waals surface area (Å²) in [4.78, 5) is 11.3.